The van der Waals surface area contributed by atoms with Crippen LogP contribution in [0.2, 0.25) is 0 Å². The van der Waals surface area contributed by atoms with Gasteiger partial charge in [0.05, 0.1) is 5.69 Å². The molecule has 1 N–H and O–H groups in total. The largest absolute Gasteiger partial charge is 0.348 e. The van der Waals surface area contributed by atoms with E-state index in [-0.39, 0.29) is 0 Å². The minimum Gasteiger partial charge on any atom is -0.348 e. The maximum atomic E-state index is 5.05. The highest BCUT2D eigenvalue weighted by Gasteiger charge is 2.31. The molecule has 2 aliphatic rings. The summed E-state index contributed by atoms with van der Waals surface area (Å²) >= 11 is 1.93. The summed E-state index contributed by atoms with van der Waals surface area (Å²) in [5, 5.41) is 4.84. The molecule has 2 heterocycles. The average molecular weight is 308 g/mol. The summed E-state index contributed by atoms with van der Waals surface area (Å²) in [7, 11) is 0. The zero-order chi connectivity index (χ0) is 15.0. The normalized spacial score (nSPS) is 26.6. The fraction of sp³-hybridized carbons (Fsp3) is 0.824. The molecule has 2 atom stereocenters. The smallest absolute Gasteiger partial charge is 0.185 e. The van der Waals surface area contributed by atoms with E-state index in [1.54, 1.807) is 0 Å². The number of nitrogens with zero attached hydrogens (tertiary/aromatic N) is 2. The molecule has 1 aromatic rings. The van der Waals surface area contributed by atoms with Gasteiger partial charge >= 0.3 is 0 Å². The van der Waals surface area contributed by atoms with Crippen molar-refractivity contribution in [2.75, 3.05) is 18.0 Å². The van der Waals surface area contributed by atoms with E-state index >= 15 is 0 Å². The number of rotatable bonds is 5. The molecule has 1 aliphatic heterocycles. The minimum atomic E-state index is 0.539. The number of thiazole rings is 1. The summed E-state index contributed by atoms with van der Waals surface area (Å²) in [5.74, 6) is 2.33. The van der Waals surface area contributed by atoms with E-state index in [0.717, 1.165) is 24.3 Å². The first kappa shape index (κ1) is 15.3. The van der Waals surface area contributed by atoms with Crippen LogP contribution in [0.4, 0.5) is 5.13 Å². The average Bonchev–Trinajstić information content (AvgIpc) is 3.15. The molecule has 2 unspecified atom stereocenters. The SMILES string of the molecule is CC1CC(C)CN(c2nc(C3CC3)c(CNC(C)C)s2)C1. The zero-order valence-corrected chi connectivity index (χ0v) is 14.7. The van der Waals surface area contributed by atoms with Crippen LogP contribution in [0.15, 0.2) is 0 Å². The highest BCUT2D eigenvalue weighted by Crippen LogP contribution is 2.44. The second-order valence-corrected chi connectivity index (χ2v) is 8.53. The van der Waals surface area contributed by atoms with Gasteiger partial charge in [-0.1, -0.05) is 27.7 Å². The Bertz CT molecular complexity index is 468. The summed E-state index contributed by atoms with van der Waals surface area (Å²) in [6.07, 6.45) is 4.04. The Morgan fingerprint density at radius 2 is 1.90 bits per heavy atom. The summed E-state index contributed by atoms with van der Waals surface area (Å²) < 4.78 is 0. The Hall–Kier alpha value is -0.610. The van der Waals surface area contributed by atoms with E-state index in [0.29, 0.717) is 6.04 Å². The van der Waals surface area contributed by atoms with Crippen molar-refractivity contribution in [3.05, 3.63) is 10.6 Å². The Morgan fingerprint density at radius 1 is 1.24 bits per heavy atom. The van der Waals surface area contributed by atoms with Crippen molar-refractivity contribution in [3.8, 4) is 0 Å². The lowest BCUT2D eigenvalue weighted by atomic mass is 9.92. The summed E-state index contributed by atoms with van der Waals surface area (Å²) in [6, 6.07) is 0.539. The molecule has 0 aromatic carbocycles. The molecule has 3 rings (SSSR count). The zero-order valence-electron chi connectivity index (χ0n) is 13.9. The summed E-state index contributed by atoms with van der Waals surface area (Å²) in [5.41, 5.74) is 1.40. The lowest BCUT2D eigenvalue weighted by Gasteiger charge is -2.34. The molecule has 1 saturated heterocycles. The Labute approximate surface area is 133 Å². The van der Waals surface area contributed by atoms with Gasteiger partial charge in [0.1, 0.15) is 0 Å². The van der Waals surface area contributed by atoms with Crippen LogP contribution in [0.25, 0.3) is 0 Å². The topological polar surface area (TPSA) is 28.2 Å². The third kappa shape index (κ3) is 3.78. The van der Waals surface area contributed by atoms with Gasteiger partial charge in [-0.2, -0.15) is 0 Å². The fourth-order valence-corrected chi connectivity index (χ4v) is 4.52. The van der Waals surface area contributed by atoms with Crippen molar-refractivity contribution in [2.45, 2.75) is 65.5 Å². The maximum Gasteiger partial charge on any atom is 0.185 e. The highest BCUT2D eigenvalue weighted by atomic mass is 32.1. The van der Waals surface area contributed by atoms with Crippen molar-refractivity contribution < 1.29 is 0 Å². The van der Waals surface area contributed by atoms with Crippen LogP contribution in [0.3, 0.4) is 0 Å². The van der Waals surface area contributed by atoms with Gasteiger partial charge in [-0.05, 0) is 31.1 Å². The molecule has 118 valence electrons. The lowest BCUT2D eigenvalue weighted by Crippen LogP contribution is -2.38. The molecule has 21 heavy (non-hydrogen) atoms. The highest BCUT2D eigenvalue weighted by molar-refractivity contribution is 7.15. The molecule has 1 aliphatic carbocycles. The maximum absolute atomic E-state index is 5.05. The molecule has 2 fully saturated rings. The van der Waals surface area contributed by atoms with Crippen LogP contribution in [-0.2, 0) is 6.54 Å². The molecule has 4 heteroatoms. The van der Waals surface area contributed by atoms with Gasteiger partial charge in [-0.3, -0.25) is 0 Å². The van der Waals surface area contributed by atoms with Crippen LogP contribution in [0.5, 0.6) is 0 Å². The van der Waals surface area contributed by atoms with E-state index in [9.17, 15) is 0 Å². The van der Waals surface area contributed by atoms with Crippen LogP contribution >= 0.6 is 11.3 Å². The number of nitrogens with one attached hydrogen (secondary N) is 1. The predicted molar refractivity (Wildman–Crippen MR) is 91.2 cm³/mol. The first-order valence-electron chi connectivity index (χ1n) is 8.50. The van der Waals surface area contributed by atoms with Gasteiger partial charge in [-0.25, -0.2) is 4.98 Å². The van der Waals surface area contributed by atoms with Gasteiger partial charge in [0.15, 0.2) is 5.13 Å². The molecule has 0 bridgehead atoms. The van der Waals surface area contributed by atoms with Gasteiger partial charge in [0.2, 0.25) is 0 Å². The number of anilines is 1. The first-order chi connectivity index (χ1) is 10.0. The van der Waals surface area contributed by atoms with Crippen molar-refractivity contribution in [1.82, 2.24) is 10.3 Å². The fourth-order valence-electron chi connectivity index (χ4n) is 3.40. The summed E-state index contributed by atoms with van der Waals surface area (Å²) in [4.78, 5) is 9.06. The first-order valence-corrected chi connectivity index (χ1v) is 9.32. The van der Waals surface area contributed by atoms with E-state index in [4.69, 9.17) is 4.98 Å². The molecule has 3 nitrogen and oxygen atoms in total. The summed E-state index contributed by atoms with van der Waals surface area (Å²) in [6.45, 7) is 12.5. The van der Waals surface area contributed by atoms with Crippen molar-refractivity contribution in [1.29, 1.82) is 0 Å². The van der Waals surface area contributed by atoms with Gasteiger partial charge < -0.3 is 10.2 Å². The third-order valence-corrected chi connectivity index (χ3v) is 5.62. The molecule has 1 aromatic heterocycles. The molecule has 0 radical (unpaired) electrons. The van der Waals surface area contributed by atoms with E-state index in [1.807, 2.05) is 11.3 Å². The Balaban J connectivity index is 1.77. The Kier molecular flexibility index (Phi) is 4.55. The predicted octanol–water partition coefficient (Wildman–Crippen LogP) is 4.00. The third-order valence-electron chi connectivity index (χ3n) is 4.49. The molecule has 0 spiro atoms. The van der Waals surface area contributed by atoms with E-state index in [2.05, 4.69) is 37.9 Å². The molecular formula is C17H29N3S. The van der Waals surface area contributed by atoms with Crippen molar-refractivity contribution in [2.24, 2.45) is 11.8 Å². The molecule has 0 amide bonds. The lowest BCUT2D eigenvalue weighted by molar-refractivity contribution is 0.356. The number of piperidine rings is 1. The second kappa shape index (κ2) is 6.25. The second-order valence-electron chi connectivity index (χ2n) is 7.47. The monoisotopic (exact) mass is 307 g/mol. The Morgan fingerprint density at radius 3 is 2.48 bits per heavy atom. The van der Waals surface area contributed by atoms with Gasteiger partial charge in [0.25, 0.3) is 0 Å². The minimum absolute atomic E-state index is 0.539. The number of hydrogen-bond acceptors (Lipinski definition) is 4. The van der Waals surface area contributed by atoms with Crippen LogP contribution < -0.4 is 10.2 Å². The van der Waals surface area contributed by atoms with Crippen molar-refractivity contribution >= 4 is 16.5 Å². The standard InChI is InChI=1S/C17H29N3S/c1-11(2)18-8-15-16(14-5-6-14)19-17(21-15)20-9-12(3)7-13(4)10-20/h11-14,18H,5-10H2,1-4H3. The van der Waals surface area contributed by atoms with Crippen LogP contribution in [0.1, 0.15) is 63.4 Å². The van der Waals surface area contributed by atoms with E-state index < -0.39 is 0 Å². The number of hydrogen-bond donors (Lipinski definition) is 1. The van der Waals surface area contributed by atoms with Gasteiger partial charge in [-0.15, -0.1) is 11.3 Å². The van der Waals surface area contributed by atoms with Crippen molar-refractivity contribution in [3.63, 3.8) is 0 Å². The van der Waals surface area contributed by atoms with Crippen LogP contribution in [0, 0.1) is 11.8 Å². The van der Waals surface area contributed by atoms with Gasteiger partial charge in [0, 0.05) is 36.5 Å². The molecule has 1 saturated carbocycles. The quantitative estimate of drug-likeness (QED) is 0.891. The number of aromatic nitrogens is 1. The van der Waals surface area contributed by atoms with E-state index in [1.165, 1.54) is 48.1 Å². The van der Waals surface area contributed by atoms with Crippen LogP contribution in [-0.4, -0.2) is 24.1 Å². The molecular weight excluding hydrogens is 278 g/mol.